The molecule has 1 aliphatic rings. The van der Waals surface area contributed by atoms with Crippen LogP contribution in [-0.2, 0) is 16.1 Å². The van der Waals surface area contributed by atoms with E-state index in [0.717, 1.165) is 5.56 Å². The normalized spacial score (nSPS) is 17.9. The fourth-order valence-electron chi connectivity index (χ4n) is 2.95. The molecular formula is C19H21N3O4. The lowest BCUT2D eigenvalue weighted by atomic mass is 10.1. The lowest BCUT2D eigenvalue weighted by Crippen LogP contribution is -2.34. The van der Waals surface area contributed by atoms with Crippen molar-refractivity contribution in [1.82, 2.24) is 15.5 Å². The molecule has 0 saturated carbocycles. The first-order valence-corrected chi connectivity index (χ1v) is 8.54. The molecule has 2 N–H and O–H groups in total. The van der Waals surface area contributed by atoms with Gasteiger partial charge in [0.1, 0.15) is 11.8 Å². The van der Waals surface area contributed by atoms with E-state index >= 15 is 0 Å². The maximum absolute atomic E-state index is 12.6. The third-order valence-electron chi connectivity index (χ3n) is 4.42. The van der Waals surface area contributed by atoms with Crippen molar-refractivity contribution in [2.24, 2.45) is 0 Å². The van der Waals surface area contributed by atoms with E-state index in [-0.39, 0.29) is 30.7 Å². The van der Waals surface area contributed by atoms with Crippen LogP contribution in [0.15, 0.2) is 53.1 Å². The summed E-state index contributed by atoms with van der Waals surface area (Å²) < 4.78 is 5.14. The molecule has 3 rings (SSSR count). The monoisotopic (exact) mass is 355 g/mol. The first kappa shape index (κ1) is 17.7. The van der Waals surface area contributed by atoms with Crippen molar-refractivity contribution < 1.29 is 18.8 Å². The lowest BCUT2D eigenvalue weighted by molar-refractivity contribution is -0.129. The average molecular weight is 355 g/mol. The number of benzene rings is 1. The molecule has 136 valence electrons. The summed E-state index contributed by atoms with van der Waals surface area (Å²) in [6, 6.07) is 11.4. The standard InChI is InChI=1S/C19H21N3O4/c1-13(14-6-3-2-4-7-14)22-18(24)16(21-19(22)25)9-10-17(23)20-12-15-8-5-11-26-15/h2-8,11,13,16H,9-10,12H2,1H3,(H,20,23)(H,21,25). The van der Waals surface area contributed by atoms with Crippen LogP contribution in [0.5, 0.6) is 0 Å². The largest absolute Gasteiger partial charge is 0.467 e. The second-order valence-electron chi connectivity index (χ2n) is 6.19. The predicted molar refractivity (Wildman–Crippen MR) is 93.8 cm³/mol. The number of imide groups is 1. The highest BCUT2D eigenvalue weighted by Crippen LogP contribution is 2.25. The zero-order valence-electron chi connectivity index (χ0n) is 14.5. The van der Waals surface area contributed by atoms with Crippen molar-refractivity contribution in [3.8, 4) is 0 Å². The second-order valence-corrected chi connectivity index (χ2v) is 6.19. The number of nitrogens with one attached hydrogen (secondary N) is 2. The molecule has 2 aromatic rings. The number of rotatable bonds is 7. The Balaban J connectivity index is 1.52. The number of furan rings is 1. The molecule has 26 heavy (non-hydrogen) atoms. The maximum Gasteiger partial charge on any atom is 0.325 e. The molecule has 4 amide bonds. The molecule has 1 saturated heterocycles. The van der Waals surface area contributed by atoms with E-state index in [4.69, 9.17) is 4.42 Å². The molecule has 0 aliphatic carbocycles. The molecule has 2 unspecified atom stereocenters. The Morgan fingerprint density at radius 1 is 1.23 bits per heavy atom. The fourth-order valence-corrected chi connectivity index (χ4v) is 2.95. The molecule has 2 atom stereocenters. The molecule has 0 radical (unpaired) electrons. The molecule has 1 aromatic carbocycles. The van der Waals surface area contributed by atoms with E-state index < -0.39 is 12.1 Å². The van der Waals surface area contributed by atoms with Crippen LogP contribution in [-0.4, -0.2) is 28.8 Å². The van der Waals surface area contributed by atoms with Crippen LogP contribution in [0.1, 0.15) is 37.1 Å². The summed E-state index contributed by atoms with van der Waals surface area (Å²) in [6.45, 7) is 2.11. The zero-order chi connectivity index (χ0) is 18.5. The first-order chi connectivity index (χ1) is 12.6. The number of nitrogens with zero attached hydrogens (tertiary/aromatic N) is 1. The quantitative estimate of drug-likeness (QED) is 0.746. The number of hydrogen-bond acceptors (Lipinski definition) is 4. The van der Waals surface area contributed by atoms with Crippen molar-refractivity contribution in [2.75, 3.05) is 0 Å². The van der Waals surface area contributed by atoms with Crippen LogP contribution >= 0.6 is 0 Å². The molecule has 1 fully saturated rings. The molecule has 7 nitrogen and oxygen atoms in total. The minimum atomic E-state index is -0.678. The van der Waals surface area contributed by atoms with Gasteiger partial charge in [-0.05, 0) is 31.0 Å². The smallest absolute Gasteiger partial charge is 0.325 e. The Morgan fingerprint density at radius 3 is 2.69 bits per heavy atom. The first-order valence-electron chi connectivity index (χ1n) is 8.54. The Hall–Kier alpha value is -3.09. The number of urea groups is 1. The summed E-state index contributed by atoms with van der Waals surface area (Å²) in [4.78, 5) is 38.0. The number of amides is 4. The van der Waals surface area contributed by atoms with Gasteiger partial charge in [-0.3, -0.25) is 14.5 Å². The minimum absolute atomic E-state index is 0.144. The Kier molecular flexibility index (Phi) is 5.36. The highest BCUT2D eigenvalue weighted by molar-refractivity contribution is 6.04. The van der Waals surface area contributed by atoms with Gasteiger partial charge in [0.2, 0.25) is 5.91 Å². The van der Waals surface area contributed by atoms with Gasteiger partial charge < -0.3 is 15.1 Å². The van der Waals surface area contributed by atoms with Crippen molar-refractivity contribution in [3.05, 3.63) is 60.1 Å². The molecule has 1 aromatic heterocycles. The molecule has 2 heterocycles. The number of carbonyl (C=O) groups is 3. The van der Waals surface area contributed by atoms with Gasteiger partial charge in [-0.15, -0.1) is 0 Å². The van der Waals surface area contributed by atoms with Gasteiger partial charge in [0.05, 0.1) is 18.8 Å². The molecule has 7 heteroatoms. The van der Waals surface area contributed by atoms with Crippen LogP contribution in [0, 0.1) is 0 Å². The van der Waals surface area contributed by atoms with Gasteiger partial charge >= 0.3 is 6.03 Å². The predicted octanol–water partition coefficient (Wildman–Crippen LogP) is 2.36. The Morgan fingerprint density at radius 2 is 2.00 bits per heavy atom. The highest BCUT2D eigenvalue weighted by Gasteiger charge is 2.40. The van der Waals surface area contributed by atoms with Gasteiger partial charge in [0, 0.05) is 6.42 Å². The molecule has 1 aliphatic heterocycles. The molecule has 0 bridgehead atoms. The van der Waals surface area contributed by atoms with Crippen molar-refractivity contribution in [1.29, 1.82) is 0 Å². The van der Waals surface area contributed by atoms with Gasteiger partial charge in [-0.2, -0.15) is 0 Å². The van der Waals surface area contributed by atoms with E-state index in [1.54, 1.807) is 12.1 Å². The van der Waals surface area contributed by atoms with Gasteiger partial charge in [-0.25, -0.2) is 4.79 Å². The zero-order valence-corrected chi connectivity index (χ0v) is 14.5. The van der Waals surface area contributed by atoms with Crippen molar-refractivity contribution in [2.45, 2.75) is 38.4 Å². The highest BCUT2D eigenvalue weighted by atomic mass is 16.3. The Labute approximate surface area is 151 Å². The van der Waals surface area contributed by atoms with Crippen LogP contribution in [0.4, 0.5) is 4.79 Å². The summed E-state index contributed by atoms with van der Waals surface area (Å²) in [6.07, 6.45) is 1.94. The lowest BCUT2D eigenvalue weighted by Gasteiger charge is -2.21. The van der Waals surface area contributed by atoms with Crippen LogP contribution in [0.3, 0.4) is 0 Å². The molecule has 0 spiro atoms. The SMILES string of the molecule is CC(c1ccccc1)N1C(=O)NC(CCC(=O)NCc2ccco2)C1=O. The van der Waals surface area contributed by atoms with Crippen LogP contribution < -0.4 is 10.6 Å². The van der Waals surface area contributed by atoms with Crippen molar-refractivity contribution in [3.63, 3.8) is 0 Å². The summed E-state index contributed by atoms with van der Waals surface area (Å²) in [5.41, 5.74) is 0.882. The van der Waals surface area contributed by atoms with Crippen molar-refractivity contribution >= 4 is 17.8 Å². The third-order valence-corrected chi connectivity index (χ3v) is 4.42. The Bertz CT molecular complexity index is 773. The third kappa shape index (κ3) is 3.93. The minimum Gasteiger partial charge on any atom is -0.467 e. The number of hydrogen-bond donors (Lipinski definition) is 2. The van der Waals surface area contributed by atoms with E-state index in [1.807, 2.05) is 37.3 Å². The summed E-state index contributed by atoms with van der Waals surface area (Å²) in [7, 11) is 0. The van der Waals surface area contributed by atoms with E-state index in [1.165, 1.54) is 11.2 Å². The van der Waals surface area contributed by atoms with E-state index in [0.29, 0.717) is 12.3 Å². The molecular weight excluding hydrogens is 334 g/mol. The summed E-state index contributed by atoms with van der Waals surface area (Å²) >= 11 is 0. The summed E-state index contributed by atoms with van der Waals surface area (Å²) in [5, 5.41) is 5.39. The average Bonchev–Trinajstić information content (AvgIpc) is 3.26. The fraction of sp³-hybridized carbons (Fsp3) is 0.316. The van der Waals surface area contributed by atoms with E-state index in [9.17, 15) is 14.4 Å². The van der Waals surface area contributed by atoms with Gasteiger partial charge in [0.15, 0.2) is 0 Å². The van der Waals surface area contributed by atoms with Crippen LogP contribution in [0.25, 0.3) is 0 Å². The topological polar surface area (TPSA) is 91.7 Å². The second kappa shape index (κ2) is 7.86. The van der Waals surface area contributed by atoms with Gasteiger partial charge in [0.25, 0.3) is 5.91 Å². The van der Waals surface area contributed by atoms with Crippen LogP contribution in [0.2, 0.25) is 0 Å². The number of carbonyl (C=O) groups excluding carboxylic acids is 3. The summed E-state index contributed by atoms with van der Waals surface area (Å²) in [5.74, 6) is 0.162. The van der Waals surface area contributed by atoms with Gasteiger partial charge in [-0.1, -0.05) is 30.3 Å². The maximum atomic E-state index is 12.6. The van der Waals surface area contributed by atoms with E-state index in [2.05, 4.69) is 10.6 Å².